The van der Waals surface area contributed by atoms with Crippen molar-refractivity contribution in [2.75, 3.05) is 28.9 Å². The molecule has 5 rings (SSSR count). The number of nitrogens with zero attached hydrogens (tertiary/aromatic N) is 4. The van der Waals surface area contributed by atoms with Crippen molar-refractivity contribution in [1.29, 1.82) is 0 Å². The lowest BCUT2D eigenvalue weighted by Gasteiger charge is -2.31. The fourth-order valence-electron chi connectivity index (χ4n) is 5.30. The highest BCUT2D eigenvalue weighted by Crippen LogP contribution is 2.40. The van der Waals surface area contributed by atoms with Gasteiger partial charge in [0.05, 0.1) is 22.7 Å². The van der Waals surface area contributed by atoms with Crippen molar-refractivity contribution in [1.82, 2.24) is 19.9 Å². The fourth-order valence-corrected chi connectivity index (χ4v) is 6.84. The number of hydrogen-bond acceptors (Lipinski definition) is 8. The summed E-state index contributed by atoms with van der Waals surface area (Å²) < 4.78 is 35.0. The Kier molecular flexibility index (Phi) is 8.67. The molecule has 226 valence electrons. The molecular formula is C31H36N6O5S. The third kappa shape index (κ3) is 6.96. The molecule has 43 heavy (non-hydrogen) atoms. The van der Waals surface area contributed by atoms with Crippen molar-refractivity contribution < 1.29 is 23.1 Å². The second-order valence-corrected chi connectivity index (χ2v) is 13.0. The highest BCUT2D eigenvalue weighted by molar-refractivity contribution is 7.92. The zero-order valence-corrected chi connectivity index (χ0v) is 25.5. The molecule has 2 aromatic carbocycles. The molecule has 1 aliphatic heterocycles. The zero-order chi connectivity index (χ0) is 30.7. The predicted molar refractivity (Wildman–Crippen MR) is 167 cm³/mol. The van der Waals surface area contributed by atoms with Gasteiger partial charge in [0.25, 0.3) is 0 Å². The van der Waals surface area contributed by atoms with Crippen LogP contribution in [0, 0.1) is 19.8 Å². The molecule has 2 aromatic heterocycles. The van der Waals surface area contributed by atoms with E-state index in [9.17, 15) is 18.3 Å². The summed E-state index contributed by atoms with van der Waals surface area (Å²) in [5.74, 6) is 1.28. The molecule has 1 fully saturated rings. The standard InChI is InChI=1S/C31H36N6O5S/c1-19(2)18-43(40,41)36-27-20(3)9-12-24-23(27)11-10-21(4)28(24)42-29-25(8-5-14-32-29)26-13-15-33-30(35-26)34-22-7-6-16-37(17-22)31(38)39/h5,8-15,19,22,36H,6-7,16-18H2,1-4H3,(H,38,39)(H,33,34,35)/t22-/m0/s1. The Labute approximate surface area is 251 Å². The van der Waals surface area contributed by atoms with E-state index in [-0.39, 0.29) is 17.7 Å². The van der Waals surface area contributed by atoms with E-state index in [0.29, 0.717) is 47.6 Å². The number of piperidine rings is 1. The second-order valence-electron chi connectivity index (χ2n) is 11.3. The molecule has 0 bridgehead atoms. The number of carbonyl (C=O) groups is 1. The molecule has 0 radical (unpaired) electrons. The normalized spacial score (nSPS) is 15.5. The highest BCUT2D eigenvalue weighted by atomic mass is 32.2. The molecule has 4 aromatic rings. The summed E-state index contributed by atoms with van der Waals surface area (Å²) in [5, 5.41) is 14.1. The molecule has 3 N–H and O–H groups in total. The van der Waals surface area contributed by atoms with Crippen molar-refractivity contribution in [3.63, 3.8) is 0 Å². The summed E-state index contributed by atoms with van der Waals surface area (Å²) in [6, 6.07) is 12.9. The molecule has 0 unspecified atom stereocenters. The molecule has 0 spiro atoms. The number of amides is 1. The number of hydrogen-bond donors (Lipinski definition) is 3. The van der Waals surface area contributed by atoms with Crippen molar-refractivity contribution in [2.45, 2.75) is 46.6 Å². The molecule has 11 nitrogen and oxygen atoms in total. The number of aromatic nitrogens is 3. The molecule has 0 aliphatic carbocycles. The highest BCUT2D eigenvalue weighted by Gasteiger charge is 2.24. The SMILES string of the molecule is Cc1ccc2c(Oc3ncccc3-c3ccnc(N[C@H]4CCCN(C(=O)O)C4)n3)c(C)ccc2c1NS(=O)(=O)CC(C)C. The maximum atomic E-state index is 12.9. The predicted octanol–water partition coefficient (Wildman–Crippen LogP) is 6.05. The number of aryl methyl sites for hydroxylation is 2. The topological polar surface area (TPSA) is 147 Å². The molecule has 1 amide bonds. The van der Waals surface area contributed by atoms with Crippen LogP contribution >= 0.6 is 0 Å². The van der Waals surface area contributed by atoms with E-state index in [1.165, 1.54) is 4.90 Å². The van der Waals surface area contributed by atoms with Gasteiger partial charge in [0.15, 0.2) is 0 Å². The van der Waals surface area contributed by atoms with Crippen molar-refractivity contribution >= 4 is 38.5 Å². The van der Waals surface area contributed by atoms with Crippen LogP contribution in [0.15, 0.2) is 54.9 Å². The first-order valence-corrected chi connectivity index (χ1v) is 15.9. The Bertz CT molecular complexity index is 1760. The molecule has 1 aliphatic rings. The molecule has 0 saturated carbocycles. The summed E-state index contributed by atoms with van der Waals surface area (Å²) in [4.78, 5) is 26.4. The average Bonchev–Trinajstić information content (AvgIpc) is 2.96. The summed E-state index contributed by atoms with van der Waals surface area (Å²) in [6.45, 7) is 8.42. The lowest BCUT2D eigenvalue weighted by atomic mass is 10.0. The van der Waals surface area contributed by atoms with Crippen LogP contribution in [0.25, 0.3) is 22.0 Å². The smallest absolute Gasteiger partial charge is 0.407 e. The first-order chi connectivity index (χ1) is 20.5. The zero-order valence-electron chi connectivity index (χ0n) is 24.7. The van der Waals surface area contributed by atoms with E-state index in [4.69, 9.17) is 9.72 Å². The Balaban J connectivity index is 1.47. The maximum absolute atomic E-state index is 12.9. The van der Waals surface area contributed by atoms with Gasteiger partial charge in [0, 0.05) is 42.3 Å². The van der Waals surface area contributed by atoms with Crippen LogP contribution in [0.3, 0.4) is 0 Å². The number of ether oxygens (including phenoxy) is 1. The Hall–Kier alpha value is -4.45. The van der Waals surface area contributed by atoms with Crippen molar-refractivity contribution in [3.8, 4) is 22.9 Å². The van der Waals surface area contributed by atoms with Crippen LogP contribution in [0.2, 0.25) is 0 Å². The van der Waals surface area contributed by atoms with Crippen LogP contribution in [0.1, 0.15) is 37.8 Å². The van der Waals surface area contributed by atoms with Gasteiger partial charge in [-0.25, -0.2) is 28.2 Å². The minimum absolute atomic E-state index is 0.0175. The quantitative estimate of drug-likeness (QED) is 0.208. The summed E-state index contributed by atoms with van der Waals surface area (Å²) in [5.41, 5.74) is 3.42. The molecule has 3 heterocycles. The van der Waals surface area contributed by atoms with Crippen LogP contribution in [-0.2, 0) is 10.0 Å². The van der Waals surface area contributed by atoms with E-state index >= 15 is 0 Å². The number of nitrogens with one attached hydrogen (secondary N) is 2. The van der Waals surface area contributed by atoms with E-state index in [1.54, 1.807) is 24.5 Å². The number of likely N-dealkylation sites (tertiary alicyclic amines) is 1. The maximum Gasteiger partial charge on any atom is 0.407 e. The van der Waals surface area contributed by atoms with Gasteiger partial charge in [-0.2, -0.15) is 0 Å². The monoisotopic (exact) mass is 604 g/mol. The minimum atomic E-state index is -3.55. The van der Waals surface area contributed by atoms with Gasteiger partial charge in [-0.05, 0) is 61.9 Å². The van der Waals surface area contributed by atoms with E-state index in [0.717, 1.165) is 34.7 Å². The van der Waals surface area contributed by atoms with Gasteiger partial charge in [0.1, 0.15) is 5.75 Å². The summed E-state index contributed by atoms with van der Waals surface area (Å²) in [6.07, 6.45) is 3.92. The lowest BCUT2D eigenvalue weighted by Crippen LogP contribution is -2.44. The van der Waals surface area contributed by atoms with E-state index in [2.05, 4.69) is 20.0 Å². The number of fused-ring (bicyclic) bond motifs is 1. The van der Waals surface area contributed by atoms with Gasteiger partial charge in [-0.3, -0.25) is 4.72 Å². The van der Waals surface area contributed by atoms with E-state index < -0.39 is 16.1 Å². The number of sulfonamides is 1. The first-order valence-electron chi connectivity index (χ1n) is 14.2. The van der Waals surface area contributed by atoms with Gasteiger partial charge >= 0.3 is 6.09 Å². The van der Waals surface area contributed by atoms with Crippen LogP contribution in [-0.4, -0.2) is 64.4 Å². The minimum Gasteiger partial charge on any atom is -0.465 e. The first kappa shape index (κ1) is 30.0. The fraction of sp³-hybridized carbons (Fsp3) is 0.355. The molecule has 12 heteroatoms. The molecule has 1 atom stereocenters. The van der Waals surface area contributed by atoms with Crippen LogP contribution in [0.4, 0.5) is 16.4 Å². The molecule has 1 saturated heterocycles. The van der Waals surface area contributed by atoms with Crippen molar-refractivity contribution in [3.05, 3.63) is 66.0 Å². The van der Waals surface area contributed by atoms with Crippen LogP contribution in [0.5, 0.6) is 11.6 Å². The lowest BCUT2D eigenvalue weighted by molar-refractivity contribution is 0.132. The second kappa shape index (κ2) is 12.4. The number of anilines is 2. The third-order valence-corrected chi connectivity index (χ3v) is 8.91. The molecular weight excluding hydrogens is 568 g/mol. The largest absolute Gasteiger partial charge is 0.465 e. The van der Waals surface area contributed by atoms with Gasteiger partial charge in [0.2, 0.25) is 21.9 Å². The van der Waals surface area contributed by atoms with Crippen molar-refractivity contribution in [2.24, 2.45) is 5.92 Å². The van der Waals surface area contributed by atoms with E-state index in [1.807, 2.05) is 58.0 Å². The van der Waals surface area contributed by atoms with Crippen LogP contribution < -0.4 is 14.8 Å². The number of rotatable bonds is 9. The number of benzene rings is 2. The Morgan fingerprint density at radius 1 is 1.07 bits per heavy atom. The van der Waals surface area contributed by atoms with Gasteiger partial charge in [-0.1, -0.05) is 38.1 Å². The number of pyridine rings is 1. The summed E-state index contributed by atoms with van der Waals surface area (Å²) >= 11 is 0. The summed E-state index contributed by atoms with van der Waals surface area (Å²) in [7, 11) is -3.55. The average molecular weight is 605 g/mol. The number of carboxylic acid groups (broad SMARTS) is 1. The Morgan fingerprint density at radius 3 is 2.60 bits per heavy atom. The van der Waals surface area contributed by atoms with Gasteiger partial charge < -0.3 is 20.1 Å². The third-order valence-electron chi connectivity index (χ3n) is 7.29. The van der Waals surface area contributed by atoms with Gasteiger partial charge in [-0.15, -0.1) is 0 Å². The Morgan fingerprint density at radius 2 is 1.84 bits per heavy atom.